The molecule has 0 aromatic carbocycles. The van der Waals surface area contributed by atoms with Crippen LogP contribution < -0.4 is 0 Å². The Morgan fingerprint density at radius 3 is 2.23 bits per heavy atom. The van der Waals surface area contributed by atoms with Gasteiger partial charge in [-0.1, -0.05) is 47.3 Å². The molecule has 4 saturated carbocycles. The van der Waals surface area contributed by atoms with Crippen molar-refractivity contribution in [2.75, 3.05) is 20.9 Å². The molecule has 5 aliphatic rings. The molecule has 0 aliphatic heterocycles. The van der Waals surface area contributed by atoms with Gasteiger partial charge in [-0.3, -0.25) is 9.59 Å². The Kier molecular flexibility index (Phi) is 6.59. The van der Waals surface area contributed by atoms with E-state index in [-0.39, 0.29) is 63.2 Å². The van der Waals surface area contributed by atoms with Crippen molar-refractivity contribution in [3.63, 3.8) is 0 Å². The molecule has 0 aromatic rings. The first-order chi connectivity index (χ1) is 18.2. The van der Waals surface area contributed by atoms with Crippen molar-refractivity contribution in [3.8, 4) is 0 Å². The van der Waals surface area contributed by atoms with Gasteiger partial charge in [0.15, 0.2) is 5.78 Å². The molecule has 9 atom stereocenters. The predicted molar refractivity (Wildman–Crippen MR) is 147 cm³/mol. The number of methoxy groups -OCH3 is 2. The summed E-state index contributed by atoms with van der Waals surface area (Å²) in [5.74, 6) is -0.115. The maximum absolute atomic E-state index is 14.1. The number of ether oxygens (including phenoxy) is 2. The Morgan fingerprint density at radius 1 is 0.923 bits per heavy atom. The molecule has 5 nitrogen and oxygen atoms in total. The van der Waals surface area contributed by atoms with Crippen LogP contribution in [0.25, 0.3) is 0 Å². The number of fused-ring (bicyclic) bond motifs is 7. The standard InChI is InChI=1S/C33H47FO5/c1-19(18-34)20-11-14-33(28(37)39-8)16-15-31(5)22(25(20)33)9-10-24-30(4)17-21(27(36)38-7)26(35)29(2,3)23(30)12-13-32(24,31)6/h17,20,22-25H,1,9-16,18H2,2-8H3/t20-,22?,23-,24+,25+,30-,31+,32+,33-/m0/s1. The van der Waals surface area contributed by atoms with Gasteiger partial charge in [-0.2, -0.15) is 0 Å². The monoisotopic (exact) mass is 542 g/mol. The van der Waals surface area contributed by atoms with E-state index < -0.39 is 23.5 Å². The van der Waals surface area contributed by atoms with E-state index in [0.29, 0.717) is 5.57 Å². The summed E-state index contributed by atoms with van der Waals surface area (Å²) >= 11 is 0. The molecule has 0 bridgehead atoms. The largest absolute Gasteiger partial charge is 0.469 e. The summed E-state index contributed by atoms with van der Waals surface area (Å²) in [5, 5.41) is 0. The summed E-state index contributed by atoms with van der Waals surface area (Å²) in [7, 11) is 2.82. The summed E-state index contributed by atoms with van der Waals surface area (Å²) in [6.45, 7) is 14.7. The number of rotatable bonds is 4. The fourth-order valence-electron chi connectivity index (χ4n) is 11.5. The number of alkyl halides is 1. The number of esters is 2. The Balaban J connectivity index is 1.62. The summed E-state index contributed by atoms with van der Waals surface area (Å²) in [6, 6.07) is 0. The van der Waals surface area contributed by atoms with Crippen LogP contribution >= 0.6 is 0 Å². The maximum Gasteiger partial charge on any atom is 0.341 e. The molecule has 0 heterocycles. The Hall–Kier alpha value is -1.98. The summed E-state index contributed by atoms with van der Waals surface area (Å²) in [4.78, 5) is 39.7. The lowest BCUT2D eigenvalue weighted by atomic mass is 9.32. The number of halogens is 1. The van der Waals surface area contributed by atoms with E-state index in [0.717, 1.165) is 51.4 Å². The second-order valence-corrected chi connectivity index (χ2v) is 14.7. The maximum atomic E-state index is 14.1. The average Bonchev–Trinajstić information content (AvgIpc) is 3.30. The van der Waals surface area contributed by atoms with Crippen LogP contribution in [0.5, 0.6) is 0 Å². The molecule has 0 N–H and O–H groups in total. The fourth-order valence-corrected chi connectivity index (χ4v) is 11.5. The minimum Gasteiger partial charge on any atom is -0.469 e. The third-order valence-electron chi connectivity index (χ3n) is 13.5. The molecule has 5 rings (SSSR count). The van der Waals surface area contributed by atoms with E-state index >= 15 is 0 Å². The molecular formula is C33H47FO5. The summed E-state index contributed by atoms with van der Waals surface area (Å²) in [5.41, 5.74) is -0.886. The first-order valence-electron chi connectivity index (χ1n) is 14.9. The molecule has 0 amide bonds. The number of ketones is 1. The zero-order valence-corrected chi connectivity index (χ0v) is 25.0. The second kappa shape index (κ2) is 9.01. The van der Waals surface area contributed by atoms with Crippen molar-refractivity contribution in [2.45, 2.75) is 86.0 Å². The van der Waals surface area contributed by atoms with E-state index in [1.54, 1.807) is 0 Å². The normalized spacial score (nSPS) is 46.1. The van der Waals surface area contributed by atoms with Gasteiger partial charge < -0.3 is 9.47 Å². The van der Waals surface area contributed by atoms with Crippen LogP contribution in [-0.2, 0) is 23.9 Å². The molecule has 4 fully saturated rings. The molecule has 0 saturated heterocycles. The third kappa shape index (κ3) is 3.44. The highest BCUT2D eigenvalue weighted by Crippen LogP contribution is 2.77. The number of allylic oxidation sites excluding steroid dienone is 2. The average molecular weight is 543 g/mol. The van der Waals surface area contributed by atoms with Crippen LogP contribution in [0.3, 0.4) is 0 Å². The summed E-state index contributed by atoms with van der Waals surface area (Å²) < 4.78 is 24.5. The van der Waals surface area contributed by atoms with E-state index in [1.165, 1.54) is 14.2 Å². The number of carbonyl (C=O) groups is 3. The Labute approximate surface area is 233 Å². The number of hydrogen-bond acceptors (Lipinski definition) is 5. The van der Waals surface area contributed by atoms with E-state index in [1.807, 2.05) is 19.9 Å². The molecule has 6 heteroatoms. The first-order valence-corrected chi connectivity index (χ1v) is 14.9. The van der Waals surface area contributed by atoms with Gasteiger partial charge in [0.25, 0.3) is 0 Å². The van der Waals surface area contributed by atoms with Crippen LogP contribution in [0, 0.1) is 56.7 Å². The van der Waals surface area contributed by atoms with Crippen molar-refractivity contribution >= 4 is 17.7 Å². The lowest BCUT2D eigenvalue weighted by Gasteiger charge is -2.71. The van der Waals surface area contributed by atoms with Crippen LogP contribution in [0.2, 0.25) is 0 Å². The highest BCUT2D eigenvalue weighted by molar-refractivity contribution is 6.20. The van der Waals surface area contributed by atoms with Gasteiger partial charge in [0, 0.05) is 5.41 Å². The van der Waals surface area contributed by atoms with Crippen molar-refractivity contribution in [3.05, 3.63) is 23.8 Å². The van der Waals surface area contributed by atoms with Gasteiger partial charge in [-0.25, -0.2) is 9.18 Å². The minimum atomic E-state index is -0.659. The molecule has 5 aliphatic carbocycles. The third-order valence-corrected chi connectivity index (χ3v) is 13.5. The number of carbonyl (C=O) groups excluding carboxylic acids is 3. The predicted octanol–water partition coefficient (Wildman–Crippen LogP) is 6.65. The van der Waals surface area contributed by atoms with Gasteiger partial charge in [-0.05, 0) is 103 Å². The summed E-state index contributed by atoms with van der Waals surface area (Å²) in [6.07, 6.45) is 8.96. The van der Waals surface area contributed by atoms with Crippen LogP contribution in [0.1, 0.15) is 86.0 Å². The van der Waals surface area contributed by atoms with E-state index in [4.69, 9.17) is 9.47 Å². The molecule has 1 unspecified atom stereocenters. The zero-order valence-electron chi connectivity index (χ0n) is 25.0. The molecule has 216 valence electrons. The Morgan fingerprint density at radius 2 is 1.62 bits per heavy atom. The highest BCUT2D eigenvalue weighted by atomic mass is 19.1. The van der Waals surface area contributed by atoms with Crippen LogP contribution in [0.15, 0.2) is 23.8 Å². The topological polar surface area (TPSA) is 69.7 Å². The van der Waals surface area contributed by atoms with Gasteiger partial charge >= 0.3 is 11.9 Å². The van der Waals surface area contributed by atoms with Crippen LogP contribution in [0.4, 0.5) is 4.39 Å². The molecular weight excluding hydrogens is 495 g/mol. The quantitative estimate of drug-likeness (QED) is 0.226. The van der Waals surface area contributed by atoms with Gasteiger partial charge in [0.05, 0.1) is 25.2 Å². The van der Waals surface area contributed by atoms with Gasteiger partial charge in [0.1, 0.15) is 6.67 Å². The molecule has 0 spiro atoms. The molecule has 39 heavy (non-hydrogen) atoms. The van der Waals surface area contributed by atoms with Crippen molar-refractivity contribution < 1.29 is 28.2 Å². The van der Waals surface area contributed by atoms with E-state index in [9.17, 15) is 18.8 Å². The highest BCUT2D eigenvalue weighted by Gasteiger charge is 2.72. The number of Topliss-reactive ketones (excluding diaryl/α,β-unsaturated/α-hetero) is 1. The smallest absolute Gasteiger partial charge is 0.341 e. The first kappa shape index (κ1) is 28.5. The fraction of sp³-hybridized carbons (Fsp3) is 0.788. The molecule has 0 aromatic heterocycles. The van der Waals surface area contributed by atoms with Gasteiger partial charge in [0.2, 0.25) is 0 Å². The SMILES string of the molecule is C=C(CF)[C@@H]1CC[C@]2(C(=O)OC)CC[C@]3(C)C(CC[C@@H]4[C@@]5(C)C=C(C(=O)OC)C(=O)C(C)(C)[C@@H]5CC[C@]43C)[C@@H]12. The van der Waals surface area contributed by atoms with Crippen molar-refractivity contribution in [2.24, 2.45) is 56.7 Å². The lowest BCUT2D eigenvalue weighted by Crippen LogP contribution is -2.66. The zero-order chi connectivity index (χ0) is 28.8. The second-order valence-electron chi connectivity index (χ2n) is 14.7. The van der Waals surface area contributed by atoms with Crippen molar-refractivity contribution in [1.82, 2.24) is 0 Å². The molecule has 0 radical (unpaired) electrons. The van der Waals surface area contributed by atoms with Gasteiger partial charge in [-0.15, -0.1) is 0 Å². The van der Waals surface area contributed by atoms with E-state index in [2.05, 4.69) is 27.4 Å². The Bertz CT molecular complexity index is 1140. The van der Waals surface area contributed by atoms with Crippen molar-refractivity contribution in [1.29, 1.82) is 0 Å². The minimum absolute atomic E-state index is 0.0112. The lowest BCUT2D eigenvalue weighted by molar-refractivity contribution is -0.222. The van der Waals surface area contributed by atoms with Crippen LogP contribution in [-0.4, -0.2) is 38.6 Å². The number of hydrogen-bond donors (Lipinski definition) is 0.